The van der Waals surface area contributed by atoms with Crippen molar-refractivity contribution in [1.29, 1.82) is 10.8 Å². The number of hydrogen-bond acceptors (Lipinski definition) is 4. The van der Waals surface area contributed by atoms with Gasteiger partial charge in [0.05, 0.1) is 0 Å². The van der Waals surface area contributed by atoms with Gasteiger partial charge < -0.3 is 10.8 Å². The van der Waals surface area contributed by atoms with Gasteiger partial charge in [-0.1, -0.05) is 35.4 Å². The fraction of sp³-hybridized carbons (Fsp3) is 0.750. The molecule has 0 heterocycles. The molecule has 70 valence electrons. The van der Waals surface area contributed by atoms with E-state index in [-0.39, 0.29) is 5.41 Å². The van der Waals surface area contributed by atoms with Crippen molar-refractivity contribution in [2.75, 3.05) is 11.5 Å². The van der Waals surface area contributed by atoms with Gasteiger partial charge in [0.25, 0.3) is 0 Å². The van der Waals surface area contributed by atoms with Crippen LogP contribution in [0.15, 0.2) is 0 Å². The lowest BCUT2D eigenvalue weighted by Gasteiger charge is -2.16. The van der Waals surface area contributed by atoms with Crippen LogP contribution in [0.5, 0.6) is 0 Å². The summed E-state index contributed by atoms with van der Waals surface area (Å²) in [5, 5.41) is 14.0. The first-order valence-electron chi connectivity index (χ1n) is 3.87. The summed E-state index contributed by atoms with van der Waals surface area (Å²) in [4.78, 5) is 0. The zero-order valence-corrected chi connectivity index (χ0v) is 9.23. The highest BCUT2D eigenvalue weighted by atomic mass is 33.1. The standard InChI is InChI=1S/C8H16N2S2/c1-8(2,6-10)7-12-11-5-3-4-9/h4,6,9-10H,3,5,7H2,1-2H3. The van der Waals surface area contributed by atoms with E-state index in [0.717, 1.165) is 17.9 Å². The first-order chi connectivity index (χ1) is 5.62. The van der Waals surface area contributed by atoms with E-state index in [0.29, 0.717) is 0 Å². The normalized spacial score (nSPS) is 11.2. The quantitative estimate of drug-likeness (QED) is 0.380. The van der Waals surface area contributed by atoms with Crippen molar-refractivity contribution < 1.29 is 0 Å². The fourth-order valence-corrected chi connectivity index (χ4v) is 3.01. The third-order valence-corrected chi connectivity index (χ3v) is 4.03. The Bertz CT molecular complexity index is 146. The average Bonchev–Trinajstić information content (AvgIpc) is 2.04. The van der Waals surface area contributed by atoms with Crippen molar-refractivity contribution in [3.63, 3.8) is 0 Å². The molecule has 0 radical (unpaired) electrons. The predicted molar refractivity (Wildman–Crippen MR) is 60.9 cm³/mol. The second-order valence-corrected chi connectivity index (χ2v) is 5.79. The molecule has 0 rings (SSSR count). The Kier molecular flexibility index (Phi) is 6.57. The Balaban J connectivity index is 3.30. The molecule has 0 aliphatic rings. The van der Waals surface area contributed by atoms with E-state index < -0.39 is 0 Å². The van der Waals surface area contributed by atoms with Gasteiger partial charge in [-0.3, -0.25) is 0 Å². The number of nitrogens with one attached hydrogen (secondary N) is 2. The van der Waals surface area contributed by atoms with Crippen LogP contribution in [0.2, 0.25) is 0 Å². The summed E-state index contributed by atoms with van der Waals surface area (Å²) in [5.74, 6) is 1.97. The minimum atomic E-state index is 0.0162. The highest BCUT2D eigenvalue weighted by Crippen LogP contribution is 2.28. The molecule has 0 saturated carbocycles. The largest absolute Gasteiger partial charge is 0.313 e. The van der Waals surface area contributed by atoms with Gasteiger partial charge in [-0.2, -0.15) is 0 Å². The van der Waals surface area contributed by atoms with E-state index in [9.17, 15) is 0 Å². The Morgan fingerprint density at radius 3 is 2.42 bits per heavy atom. The molecule has 0 aromatic carbocycles. The Labute approximate surface area is 82.3 Å². The molecule has 0 atom stereocenters. The Morgan fingerprint density at radius 1 is 1.25 bits per heavy atom. The fourth-order valence-electron chi connectivity index (χ4n) is 0.401. The molecule has 0 amide bonds. The first-order valence-corrected chi connectivity index (χ1v) is 6.36. The molecule has 0 aliphatic carbocycles. The van der Waals surface area contributed by atoms with Gasteiger partial charge in [0, 0.05) is 23.1 Å². The van der Waals surface area contributed by atoms with Crippen LogP contribution in [0, 0.1) is 16.2 Å². The molecular weight excluding hydrogens is 188 g/mol. The smallest absolute Gasteiger partial charge is 0.0138 e. The Morgan fingerprint density at radius 2 is 1.92 bits per heavy atom. The van der Waals surface area contributed by atoms with Crippen molar-refractivity contribution >= 4 is 34.0 Å². The molecule has 0 fully saturated rings. The highest BCUT2D eigenvalue weighted by Gasteiger charge is 2.13. The molecule has 12 heavy (non-hydrogen) atoms. The molecule has 0 saturated heterocycles. The van der Waals surface area contributed by atoms with E-state index in [4.69, 9.17) is 10.8 Å². The van der Waals surface area contributed by atoms with Crippen LogP contribution in [0.3, 0.4) is 0 Å². The van der Waals surface area contributed by atoms with E-state index in [1.165, 1.54) is 12.4 Å². The van der Waals surface area contributed by atoms with Crippen molar-refractivity contribution in [2.24, 2.45) is 5.41 Å². The third-order valence-electron chi connectivity index (χ3n) is 1.25. The van der Waals surface area contributed by atoms with Crippen molar-refractivity contribution in [1.82, 2.24) is 0 Å². The van der Waals surface area contributed by atoms with Crippen molar-refractivity contribution in [3.05, 3.63) is 0 Å². The monoisotopic (exact) mass is 204 g/mol. The number of rotatable bonds is 7. The average molecular weight is 204 g/mol. The summed E-state index contributed by atoms with van der Waals surface area (Å²) in [6, 6.07) is 0. The third kappa shape index (κ3) is 6.73. The van der Waals surface area contributed by atoms with Gasteiger partial charge in [0.2, 0.25) is 0 Å². The molecule has 4 heteroatoms. The summed E-state index contributed by atoms with van der Waals surface area (Å²) >= 11 is 0. The maximum Gasteiger partial charge on any atom is 0.0138 e. The second kappa shape index (κ2) is 6.54. The predicted octanol–water partition coefficient (Wildman–Crippen LogP) is 3.08. The zero-order valence-electron chi connectivity index (χ0n) is 7.59. The lowest BCUT2D eigenvalue weighted by molar-refractivity contribution is 0.618. The molecular formula is C8H16N2S2. The van der Waals surface area contributed by atoms with Crippen LogP contribution in [0.4, 0.5) is 0 Å². The molecule has 0 aromatic rings. The van der Waals surface area contributed by atoms with Crippen LogP contribution in [0.1, 0.15) is 20.3 Å². The van der Waals surface area contributed by atoms with E-state index in [2.05, 4.69) is 13.8 Å². The van der Waals surface area contributed by atoms with E-state index in [1.54, 1.807) is 21.6 Å². The van der Waals surface area contributed by atoms with Gasteiger partial charge in [0.1, 0.15) is 0 Å². The molecule has 2 N–H and O–H groups in total. The van der Waals surface area contributed by atoms with E-state index in [1.807, 2.05) is 0 Å². The van der Waals surface area contributed by atoms with Crippen LogP contribution in [-0.4, -0.2) is 23.9 Å². The van der Waals surface area contributed by atoms with Crippen LogP contribution < -0.4 is 0 Å². The molecule has 0 spiro atoms. The van der Waals surface area contributed by atoms with Crippen LogP contribution >= 0.6 is 21.6 Å². The highest BCUT2D eigenvalue weighted by molar-refractivity contribution is 8.76. The maximum absolute atomic E-state index is 7.14. The van der Waals surface area contributed by atoms with Crippen molar-refractivity contribution in [2.45, 2.75) is 20.3 Å². The summed E-state index contributed by atoms with van der Waals surface area (Å²) in [7, 11) is 3.57. The zero-order chi connectivity index (χ0) is 9.45. The summed E-state index contributed by atoms with van der Waals surface area (Å²) in [6.07, 6.45) is 3.79. The lowest BCUT2D eigenvalue weighted by atomic mass is 9.99. The minimum absolute atomic E-state index is 0.0162. The van der Waals surface area contributed by atoms with Gasteiger partial charge in [-0.15, -0.1) is 0 Å². The SMILES string of the molecule is CC(C)(C=N)CSSCCC=N. The van der Waals surface area contributed by atoms with Gasteiger partial charge in [-0.05, 0) is 12.6 Å². The summed E-state index contributed by atoms with van der Waals surface area (Å²) in [5.41, 5.74) is 0.0162. The van der Waals surface area contributed by atoms with Crippen molar-refractivity contribution in [3.8, 4) is 0 Å². The minimum Gasteiger partial charge on any atom is -0.313 e. The molecule has 2 nitrogen and oxygen atoms in total. The lowest BCUT2D eigenvalue weighted by Crippen LogP contribution is -2.14. The molecule has 0 aliphatic heterocycles. The number of hydrogen-bond donors (Lipinski definition) is 2. The van der Waals surface area contributed by atoms with Gasteiger partial charge in [0.15, 0.2) is 0 Å². The topological polar surface area (TPSA) is 47.7 Å². The second-order valence-electron chi connectivity index (χ2n) is 3.21. The van der Waals surface area contributed by atoms with Gasteiger partial charge in [-0.25, -0.2) is 0 Å². The summed E-state index contributed by atoms with van der Waals surface area (Å²) < 4.78 is 0. The first kappa shape index (κ1) is 12.0. The van der Waals surface area contributed by atoms with Crippen LogP contribution in [0.25, 0.3) is 0 Å². The Hall–Kier alpha value is 0.0400. The molecule has 0 aromatic heterocycles. The van der Waals surface area contributed by atoms with E-state index >= 15 is 0 Å². The van der Waals surface area contributed by atoms with Crippen LogP contribution in [-0.2, 0) is 0 Å². The summed E-state index contributed by atoms with van der Waals surface area (Å²) in [6.45, 7) is 4.12. The van der Waals surface area contributed by atoms with Gasteiger partial charge >= 0.3 is 0 Å². The molecule has 0 unspecified atom stereocenters. The molecule has 0 bridgehead atoms. The maximum atomic E-state index is 7.14.